The molecule has 0 spiro atoms. The molecule has 5 aromatic rings. The summed E-state index contributed by atoms with van der Waals surface area (Å²) in [4.78, 5) is 5.07. The van der Waals surface area contributed by atoms with Gasteiger partial charge in [0.05, 0.1) is 67.0 Å². The average Bonchev–Trinajstić information content (AvgIpc) is 3.74. The summed E-state index contributed by atoms with van der Waals surface area (Å²) < 4.78 is 18.0. The van der Waals surface area contributed by atoms with Crippen molar-refractivity contribution in [3.63, 3.8) is 0 Å². The first kappa shape index (κ1) is 23.3. The number of benzene rings is 1. The second-order valence-electron chi connectivity index (χ2n) is 10.4. The zero-order valence-corrected chi connectivity index (χ0v) is 21.4. The minimum absolute atomic E-state index is 0.00710. The lowest BCUT2D eigenvalue weighted by Gasteiger charge is -2.29. The van der Waals surface area contributed by atoms with Crippen LogP contribution in [0.1, 0.15) is 56.5 Å². The highest BCUT2D eigenvalue weighted by Crippen LogP contribution is 2.35. The van der Waals surface area contributed by atoms with E-state index in [-0.39, 0.29) is 12.3 Å². The highest BCUT2D eigenvalue weighted by atomic mass is 16.7. The fraction of sp³-hybridized carbons (Fsp3) is 0.379. The number of ether oxygens (including phenoxy) is 2. The fourth-order valence-corrected chi connectivity index (χ4v) is 5.73. The molecule has 194 valence electrons. The van der Waals surface area contributed by atoms with Crippen molar-refractivity contribution >= 4 is 5.52 Å². The summed E-state index contributed by atoms with van der Waals surface area (Å²) in [7, 11) is 0. The first-order valence-electron chi connectivity index (χ1n) is 13.4. The van der Waals surface area contributed by atoms with Gasteiger partial charge in [-0.15, -0.1) is 0 Å². The van der Waals surface area contributed by atoms with Gasteiger partial charge in [-0.2, -0.15) is 15.3 Å². The third-order valence-electron chi connectivity index (χ3n) is 7.89. The highest BCUT2D eigenvalue weighted by Gasteiger charge is 2.26. The molecule has 1 aromatic carbocycles. The van der Waals surface area contributed by atoms with E-state index in [4.69, 9.17) is 19.6 Å². The van der Waals surface area contributed by atoms with Crippen molar-refractivity contribution in [1.29, 1.82) is 0 Å². The summed E-state index contributed by atoms with van der Waals surface area (Å²) >= 11 is 0. The van der Waals surface area contributed by atoms with Gasteiger partial charge in [-0.05, 0) is 24.8 Å². The van der Waals surface area contributed by atoms with Crippen LogP contribution in [0.4, 0.5) is 0 Å². The second kappa shape index (κ2) is 9.81. The summed E-state index contributed by atoms with van der Waals surface area (Å²) in [5.41, 5.74) is 5.58. The quantitative estimate of drug-likeness (QED) is 0.311. The first-order chi connectivity index (χ1) is 18.7. The molecule has 9 nitrogen and oxygen atoms in total. The summed E-state index contributed by atoms with van der Waals surface area (Å²) in [6.45, 7) is 3.38. The predicted molar refractivity (Wildman–Crippen MR) is 142 cm³/mol. The van der Waals surface area contributed by atoms with Crippen molar-refractivity contribution in [3.8, 4) is 22.5 Å². The number of aromatic nitrogens is 7. The van der Waals surface area contributed by atoms with Gasteiger partial charge in [0, 0.05) is 29.1 Å². The normalized spacial score (nSPS) is 24.1. The lowest BCUT2D eigenvalue weighted by atomic mass is 9.86. The molecule has 0 N–H and O–H groups in total. The fourth-order valence-electron chi connectivity index (χ4n) is 5.73. The molecule has 7 rings (SSSR count). The van der Waals surface area contributed by atoms with Gasteiger partial charge in [-0.1, -0.05) is 50.1 Å². The van der Waals surface area contributed by atoms with Crippen LogP contribution in [0.5, 0.6) is 0 Å². The number of fused-ring (bicyclic) bond motifs is 1. The molecule has 2 fully saturated rings. The van der Waals surface area contributed by atoms with E-state index in [1.807, 2.05) is 70.4 Å². The second-order valence-corrected chi connectivity index (χ2v) is 10.4. The van der Waals surface area contributed by atoms with E-state index >= 15 is 0 Å². The Morgan fingerprint density at radius 2 is 1.58 bits per heavy atom. The molecule has 2 aliphatic rings. The van der Waals surface area contributed by atoms with Crippen molar-refractivity contribution in [1.82, 2.24) is 34.2 Å². The molecular weight excluding hydrogens is 478 g/mol. The van der Waals surface area contributed by atoms with E-state index in [0.717, 1.165) is 33.6 Å². The third kappa shape index (κ3) is 4.31. The summed E-state index contributed by atoms with van der Waals surface area (Å²) in [5.74, 6) is 0.632. The van der Waals surface area contributed by atoms with Gasteiger partial charge in [0.1, 0.15) is 0 Å². The van der Waals surface area contributed by atoms with E-state index in [9.17, 15) is 0 Å². The maximum Gasteiger partial charge on any atom is 0.184 e. The Morgan fingerprint density at radius 3 is 2.42 bits per heavy atom. The Balaban J connectivity index is 1.14. The van der Waals surface area contributed by atoms with Gasteiger partial charge in [0.25, 0.3) is 0 Å². The molecule has 2 atom stereocenters. The van der Waals surface area contributed by atoms with Gasteiger partial charge in [-0.3, -0.25) is 9.36 Å². The molecule has 0 amide bonds. The molecular formula is C29H31N7O2. The van der Waals surface area contributed by atoms with Crippen LogP contribution in [-0.4, -0.2) is 47.4 Å². The molecule has 1 saturated carbocycles. The van der Waals surface area contributed by atoms with Crippen LogP contribution in [0.15, 0.2) is 73.6 Å². The van der Waals surface area contributed by atoms with Crippen LogP contribution < -0.4 is 0 Å². The lowest BCUT2D eigenvalue weighted by Crippen LogP contribution is -2.29. The molecule has 9 heteroatoms. The van der Waals surface area contributed by atoms with Gasteiger partial charge < -0.3 is 9.47 Å². The van der Waals surface area contributed by atoms with Crippen LogP contribution >= 0.6 is 0 Å². The molecule has 1 saturated heterocycles. The molecule has 0 bridgehead atoms. The van der Waals surface area contributed by atoms with E-state index in [1.165, 1.54) is 25.7 Å². The van der Waals surface area contributed by atoms with Crippen molar-refractivity contribution in [3.05, 3.63) is 79.1 Å². The molecule has 4 aromatic heterocycles. The number of nitrogens with zero attached hydrogens (tertiary/aromatic N) is 7. The molecule has 1 aliphatic heterocycles. The SMILES string of the molecule is C[C@@H]1CCCC[C@H]1n1cc(-c2nc(-c3cnn(C4COC(c5ccccc5)OC4)c3)cn3nccc23)cn1. The molecule has 0 radical (unpaired) electrons. The Bertz CT molecular complexity index is 1530. The van der Waals surface area contributed by atoms with Crippen LogP contribution in [0.3, 0.4) is 0 Å². The van der Waals surface area contributed by atoms with Crippen molar-refractivity contribution in [2.24, 2.45) is 5.92 Å². The molecule has 5 heterocycles. The van der Waals surface area contributed by atoms with Crippen molar-refractivity contribution < 1.29 is 9.47 Å². The summed E-state index contributed by atoms with van der Waals surface area (Å²) in [6, 6.07) is 12.4. The van der Waals surface area contributed by atoms with Crippen LogP contribution in [-0.2, 0) is 9.47 Å². The van der Waals surface area contributed by atoms with Crippen molar-refractivity contribution in [2.75, 3.05) is 13.2 Å². The third-order valence-corrected chi connectivity index (χ3v) is 7.89. The highest BCUT2D eigenvalue weighted by molar-refractivity contribution is 5.78. The standard InChI is InChI=1S/C29H31N7O2/c1-20-7-5-6-10-26(20)35-16-23(14-32-35)28-27-11-12-30-36(27)17-25(33-28)22-13-31-34(15-22)24-18-37-29(38-19-24)21-8-3-2-4-9-21/h2-4,8-9,11-17,20,24,26,29H,5-7,10,18-19H2,1H3/t20-,24?,26-,29?/m1/s1. The monoisotopic (exact) mass is 509 g/mol. The summed E-state index contributed by atoms with van der Waals surface area (Å²) in [5, 5.41) is 13.9. The van der Waals surface area contributed by atoms with E-state index in [2.05, 4.69) is 28.0 Å². The molecule has 0 unspecified atom stereocenters. The average molecular weight is 510 g/mol. The Hall–Kier alpha value is -3.82. The summed E-state index contributed by atoms with van der Waals surface area (Å²) in [6.07, 6.45) is 16.4. The van der Waals surface area contributed by atoms with Gasteiger partial charge in [0.15, 0.2) is 6.29 Å². The van der Waals surface area contributed by atoms with E-state index < -0.39 is 0 Å². The van der Waals surface area contributed by atoms with Gasteiger partial charge in [0.2, 0.25) is 0 Å². The number of rotatable bonds is 5. The zero-order valence-electron chi connectivity index (χ0n) is 21.4. The predicted octanol–water partition coefficient (Wildman–Crippen LogP) is 5.49. The maximum atomic E-state index is 6.01. The van der Waals surface area contributed by atoms with Crippen LogP contribution in [0.25, 0.3) is 28.0 Å². The first-order valence-corrected chi connectivity index (χ1v) is 13.4. The van der Waals surface area contributed by atoms with Crippen LogP contribution in [0, 0.1) is 5.92 Å². The van der Waals surface area contributed by atoms with Gasteiger partial charge in [-0.25, -0.2) is 9.50 Å². The smallest absolute Gasteiger partial charge is 0.184 e. The lowest BCUT2D eigenvalue weighted by molar-refractivity contribution is -0.202. The Morgan fingerprint density at radius 1 is 0.816 bits per heavy atom. The number of hydrogen-bond donors (Lipinski definition) is 0. The molecule has 38 heavy (non-hydrogen) atoms. The Kier molecular flexibility index (Phi) is 6.02. The maximum absolute atomic E-state index is 6.01. The topological polar surface area (TPSA) is 84.3 Å². The van der Waals surface area contributed by atoms with E-state index in [0.29, 0.717) is 25.2 Å². The van der Waals surface area contributed by atoms with Crippen LogP contribution in [0.2, 0.25) is 0 Å². The van der Waals surface area contributed by atoms with Crippen molar-refractivity contribution in [2.45, 2.75) is 51.0 Å². The Labute approximate surface area is 221 Å². The number of hydrogen-bond acceptors (Lipinski definition) is 6. The minimum atomic E-state index is -0.341. The van der Waals surface area contributed by atoms with Gasteiger partial charge >= 0.3 is 0 Å². The van der Waals surface area contributed by atoms with E-state index in [1.54, 1.807) is 6.20 Å². The molecule has 1 aliphatic carbocycles. The minimum Gasteiger partial charge on any atom is -0.346 e. The zero-order chi connectivity index (χ0) is 25.5. The largest absolute Gasteiger partial charge is 0.346 e.